The van der Waals surface area contributed by atoms with E-state index in [1.807, 2.05) is 4.90 Å². The number of fused-ring (bicyclic) bond motifs is 4. The van der Waals surface area contributed by atoms with Crippen molar-refractivity contribution in [3.63, 3.8) is 0 Å². The predicted octanol–water partition coefficient (Wildman–Crippen LogP) is 2.26. The molecule has 1 aromatic rings. The van der Waals surface area contributed by atoms with Gasteiger partial charge in [-0.25, -0.2) is 4.79 Å². The van der Waals surface area contributed by atoms with Crippen LogP contribution < -0.4 is 0 Å². The lowest BCUT2D eigenvalue weighted by atomic mass is 9.94. The second-order valence-corrected chi connectivity index (χ2v) is 7.23. The van der Waals surface area contributed by atoms with Crippen molar-refractivity contribution in [1.29, 1.82) is 0 Å². The fourth-order valence-corrected chi connectivity index (χ4v) is 3.78. The van der Waals surface area contributed by atoms with Gasteiger partial charge >= 0.3 is 6.03 Å². The van der Waals surface area contributed by atoms with Crippen molar-refractivity contribution < 1.29 is 14.7 Å². The summed E-state index contributed by atoms with van der Waals surface area (Å²) in [6.45, 7) is 1.80. The Kier molecular flexibility index (Phi) is 4.58. The molecule has 6 nitrogen and oxygen atoms in total. The average Bonchev–Trinajstić information content (AvgIpc) is 2.87. The van der Waals surface area contributed by atoms with Crippen LogP contribution in [-0.2, 0) is 0 Å². The minimum atomic E-state index is -0.219. The first-order chi connectivity index (χ1) is 11.4. The standard InChI is InChI=1S/C17H22ClN3O3/c1-19(2)17(24)20-8-11-3-5-13(10-20)21(9-11)16(23)14-7-12(18)4-6-15(14)22/h4,6-7,11,13,22H,3,5,8-10H2,1-2H3/t11-,13+/m1/s1. The van der Waals surface area contributed by atoms with E-state index in [2.05, 4.69) is 0 Å². The van der Waals surface area contributed by atoms with Crippen molar-refractivity contribution in [3.8, 4) is 5.75 Å². The molecule has 2 atom stereocenters. The molecule has 3 heterocycles. The fourth-order valence-electron chi connectivity index (χ4n) is 3.60. The van der Waals surface area contributed by atoms with E-state index >= 15 is 0 Å². The van der Waals surface area contributed by atoms with Crippen LogP contribution in [0.3, 0.4) is 0 Å². The summed E-state index contributed by atoms with van der Waals surface area (Å²) in [6, 6.07) is 4.44. The number of hydrogen-bond donors (Lipinski definition) is 1. The first-order valence-electron chi connectivity index (χ1n) is 8.12. The van der Waals surface area contributed by atoms with Crippen molar-refractivity contribution in [1.82, 2.24) is 14.7 Å². The summed E-state index contributed by atoms with van der Waals surface area (Å²) in [5.74, 6) is -0.0208. The number of halogens is 1. The number of benzene rings is 1. The second-order valence-electron chi connectivity index (χ2n) is 6.80. The molecule has 0 radical (unpaired) electrons. The number of phenols is 1. The summed E-state index contributed by atoms with van der Waals surface area (Å²) in [7, 11) is 3.48. The van der Waals surface area contributed by atoms with Crippen LogP contribution in [0, 0.1) is 5.92 Å². The number of carbonyl (C=O) groups excluding carboxylic acids is 2. The van der Waals surface area contributed by atoms with E-state index in [-0.39, 0.29) is 35.2 Å². The molecule has 3 aliphatic rings. The first kappa shape index (κ1) is 16.9. The molecule has 3 amide bonds. The van der Waals surface area contributed by atoms with E-state index in [9.17, 15) is 14.7 Å². The number of nitrogens with zero attached hydrogens (tertiary/aromatic N) is 3. The molecule has 3 aliphatic heterocycles. The van der Waals surface area contributed by atoms with E-state index in [4.69, 9.17) is 11.6 Å². The maximum atomic E-state index is 12.9. The molecule has 1 N–H and O–H groups in total. The number of aromatic hydroxyl groups is 1. The van der Waals surface area contributed by atoms with E-state index in [1.54, 1.807) is 30.0 Å². The van der Waals surface area contributed by atoms with Crippen LogP contribution in [-0.4, -0.2) is 71.5 Å². The number of piperidine rings is 1. The van der Waals surface area contributed by atoms with Gasteiger partial charge in [0.2, 0.25) is 0 Å². The molecule has 130 valence electrons. The van der Waals surface area contributed by atoms with Gasteiger partial charge in [0.1, 0.15) is 5.75 Å². The number of amides is 3. The van der Waals surface area contributed by atoms with Crippen LogP contribution >= 0.6 is 11.6 Å². The van der Waals surface area contributed by atoms with Gasteiger partial charge in [-0.2, -0.15) is 0 Å². The molecule has 7 heteroatoms. The Bertz CT molecular complexity index is 664. The van der Waals surface area contributed by atoms with Crippen molar-refractivity contribution in [2.24, 2.45) is 5.92 Å². The number of rotatable bonds is 1. The average molecular weight is 352 g/mol. The molecule has 0 aliphatic carbocycles. The Morgan fingerprint density at radius 1 is 1.21 bits per heavy atom. The minimum absolute atomic E-state index is 0.0215. The molecular weight excluding hydrogens is 330 g/mol. The predicted molar refractivity (Wildman–Crippen MR) is 91.3 cm³/mol. The third kappa shape index (κ3) is 3.15. The molecule has 3 saturated heterocycles. The van der Waals surface area contributed by atoms with Gasteiger partial charge in [-0.3, -0.25) is 4.79 Å². The molecular formula is C17H22ClN3O3. The molecule has 0 unspecified atom stereocenters. The minimum Gasteiger partial charge on any atom is -0.507 e. The number of carbonyl (C=O) groups is 2. The highest BCUT2D eigenvalue weighted by molar-refractivity contribution is 6.31. The molecule has 1 aromatic carbocycles. The van der Waals surface area contributed by atoms with Crippen LogP contribution in [0.2, 0.25) is 5.02 Å². The third-order valence-electron chi connectivity index (χ3n) is 4.82. The molecule has 3 fully saturated rings. The lowest BCUT2D eigenvalue weighted by Crippen LogP contribution is -2.48. The molecule has 4 rings (SSSR count). The molecule has 24 heavy (non-hydrogen) atoms. The summed E-state index contributed by atoms with van der Waals surface area (Å²) in [5.41, 5.74) is 0.223. The normalized spacial score (nSPS) is 23.1. The van der Waals surface area contributed by atoms with Crippen LogP contribution in [0.15, 0.2) is 18.2 Å². The smallest absolute Gasteiger partial charge is 0.319 e. The summed E-state index contributed by atoms with van der Waals surface area (Å²) in [4.78, 5) is 30.4. The van der Waals surface area contributed by atoms with Crippen molar-refractivity contribution in [2.45, 2.75) is 18.9 Å². The summed E-state index contributed by atoms with van der Waals surface area (Å²) >= 11 is 5.97. The van der Waals surface area contributed by atoms with Gasteiger partial charge < -0.3 is 19.8 Å². The summed E-state index contributed by atoms with van der Waals surface area (Å²) < 4.78 is 0. The first-order valence-corrected chi connectivity index (χ1v) is 8.50. The highest BCUT2D eigenvalue weighted by atomic mass is 35.5. The Morgan fingerprint density at radius 3 is 2.67 bits per heavy atom. The zero-order valence-electron chi connectivity index (χ0n) is 13.9. The zero-order chi connectivity index (χ0) is 17.4. The topological polar surface area (TPSA) is 64.1 Å². The highest BCUT2D eigenvalue weighted by Gasteiger charge is 2.39. The Morgan fingerprint density at radius 2 is 1.96 bits per heavy atom. The van der Waals surface area contributed by atoms with Gasteiger partial charge in [-0.15, -0.1) is 0 Å². The number of urea groups is 1. The second kappa shape index (κ2) is 6.51. The Hall–Kier alpha value is -1.95. The van der Waals surface area contributed by atoms with Gasteiger partial charge in [0.25, 0.3) is 5.91 Å². The van der Waals surface area contributed by atoms with E-state index < -0.39 is 0 Å². The van der Waals surface area contributed by atoms with E-state index in [1.165, 1.54) is 12.1 Å². The van der Waals surface area contributed by atoms with Crippen molar-refractivity contribution in [2.75, 3.05) is 33.7 Å². The van der Waals surface area contributed by atoms with Crippen LogP contribution in [0.1, 0.15) is 23.2 Å². The molecule has 0 spiro atoms. The Balaban J connectivity index is 1.84. The monoisotopic (exact) mass is 351 g/mol. The molecule has 0 aromatic heterocycles. The zero-order valence-corrected chi connectivity index (χ0v) is 14.7. The van der Waals surface area contributed by atoms with Crippen molar-refractivity contribution >= 4 is 23.5 Å². The van der Waals surface area contributed by atoms with Crippen LogP contribution in [0.5, 0.6) is 5.75 Å². The van der Waals surface area contributed by atoms with Gasteiger partial charge in [0, 0.05) is 44.8 Å². The van der Waals surface area contributed by atoms with E-state index in [0.717, 1.165) is 12.8 Å². The molecule has 2 bridgehead atoms. The SMILES string of the molecule is CN(C)C(=O)N1C[C@H]2CC[C@@H](C1)N(C(=O)c1cc(Cl)ccc1O)C2. The summed E-state index contributed by atoms with van der Waals surface area (Å²) in [6.07, 6.45) is 1.88. The largest absolute Gasteiger partial charge is 0.507 e. The quantitative estimate of drug-likeness (QED) is 0.844. The summed E-state index contributed by atoms with van der Waals surface area (Å²) in [5, 5.41) is 10.4. The number of phenolic OH excluding ortho intramolecular Hbond substituents is 1. The van der Waals surface area contributed by atoms with Gasteiger partial charge in [0.15, 0.2) is 0 Å². The lowest BCUT2D eigenvalue weighted by Gasteiger charge is -2.36. The van der Waals surface area contributed by atoms with Crippen molar-refractivity contribution in [3.05, 3.63) is 28.8 Å². The van der Waals surface area contributed by atoms with Gasteiger partial charge in [-0.1, -0.05) is 11.6 Å². The van der Waals surface area contributed by atoms with E-state index in [0.29, 0.717) is 24.7 Å². The third-order valence-corrected chi connectivity index (χ3v) is 5.05. The van der Waals surface area contributed by atoms with Crippen LogP contribution in [0.25, 0.3) is 0 Å². The van der Waals surface area contributed by atoms with Gasteiger partial charge in [-0.05, 0) is 37.0 Å². The number of hydrogen-bond acceptors (Lipinski definition) is 3. The Labute approximate surface area is 146 Å². The maximum Gasteiger partial charge on any atom is 0.319 e. The fraction of sp³-hybridized carbons (Fsp3) is 0.529. The highest BCUT2D eigenvalue weighted by Crippen LogP contribution is 2.31. The maximum absolute atomic E-state index is 12.9. The lowest BCUT2D eigenvalue weighted by molar-refractivity contribution is 0.0582. The van der Waals surface area contributed by atoms with Gasteiger partial charge in [0.05, 0.1) is 5.56 Å². The molecule has 0 saturated carbocycles. The van der Waals surface area contributed by atoms with Crippen LogP contribution in [0.4, 0.5) is 4.79 Å².